The zero-order chi connectivity index (χ0) is 21.9. The van der Waals surface area contributed by atoms with Gasteiger partial charge in [0.2, 0.25) is 0 Å². The molecule has 1 N–H and O–H groups in total. The molecule has 0 bridgehead atoms. The van der Waals surface area contributed by atoms with Crippen molar-refractivity contribution >= 4 is 19.3 Å². The molecule has 0 atom stereocenters. The first-order valence-corrected chi connectivity index (χ1v) is 10.1. The van der Waals surface area contributed by atoms with Gasteiger partial charge in [0.15, 0.2) is 0 Å². The molecular weight excluding hydrogens is 369 g/mol. The van der Waals surface area contributed by atoms with E-state index in [0.717, 1.165) is 16.8 Å². The zero-order valence-corrected chi connectivity index (χ0v) is 18.9. The quantitative estimate of drug-likeness (QED) is 0.702. The largest absolute Gasteiger partial charge is 0.493 e. The SMILES string of the molecule is CCOc1ccccc1C=C(CNC(=O)OC(C)(C)C)B1OC(C)(C)C(C)(C)O1. The molecule has 0 unspecified atom stereocenters. The van der Waals surface area contributed by atoms with Gasteiger partial charge in [0, 0.05) is 12.1 Å². The van der Waals surface area contributed by atoms with E-state index in [9.17, 15) is 4.79 Å². The Labute approximate surface area is 175 Å². The van der Waals surface area contributed by atoms with Gasteiger partial charge >= 0.3 is 13.2 Å². The van der Waals surface area contributed by atoms with Gasteiger partial charge in [-0.2, -0.15) is 0 Å². The van der Waals surface area contributed by atoms with Crippen molar-refractivity contribution in [2.75, 3.05) is 13.2 Å². The third kappa shape index (κ3) is 6.24. The lowest BCUT2D eigenvalue weighted by Crippen LogP contribution is -2.41. The minimum absolute atomic E-state index is 0.228. The van der Waals surface area contributed by atoms with Crippen molar-refractivity contribution in [1.82, 2.24) is 5.32 Å². The van der Waals surface area contributed by atoms with Gasteiger partial charge in [0.1, 0.15) is 11.4 Å². The predicted octanol–water partition coefficient (Wildman–Crippen LogP) is 4.62. The molecule has 1 saturated heterocycles. The number of carbonyl (C=O) groups is 1. The Hall–Kier alpha value is -1.99. The Kier molecular flexibility index (Phi) is 7.07. The number of ether oxygens (including phenoxy) is 2. The monoisotopic (exact) mass is 403 g/mol. The Morgan fingerprint density at radius 1 is 1.14 bits per heavy atom. The summed E-state index contributed by atoms with van der Waals surface area (Å²) in [4.78, 5) is 12.2. The van der Waals surface area contributed by atoms with Crippen molar-refractivity contribution in [3.8, 4) is 5.75 Å². The second-order valence-electron chi connectivity index (χ2n) is 9.13. The molecule has 29 heavy (non-hydrogen) atoms. The Morgan fingerprint density at radius 3 is 2.28 bits per heavy atom. The van der Waals surface area contributed by atoms with Gasteiger partial charge in [0.05, 0.1) is 17.8 Å². The van der Waals surface area contributed by atoms with Crippen LogP contribution in [-0.2, 0) is 14.0 Å². The van der Waals surface area contributed by atoms with Crippen LogP contribution in [0.15, 0.2) is 29.7 Å². The number of carbonyl (C=O) groups excluding carboxylic acids is 1. The van der Waals surface area contributed by atoms with Crippen LogP contribution in [0, 0.1) is 0 Å². The van der Waals surface area contributed by atoms with E-state index in [-0.39, 0.29) is 6.54 Å². The molecule has 1 amide bonds. The Morgan fingerprint density at radius 2 is 1.72 bits per heavy atom. The van der Waals surface area contributed by atoms with E-state index in [1.54, 1.807) is 0 Å². The van der Waals surface area contributed by atoms with Crippen molar-refractivity contribution in [3.63, 3.8) is 0 Å². The highest BCUT2D eigenvalue weighted by atomic mass is 16.7. The van der Waals surface area contributed by atoms with Crippen LogP contribution in [0.4, 0.5) is 4.79 Å². The molecule has 160 valence electrons. The lowest BCUT2D eigenvalue weighted by atomic mass is 9.77. The van der Waals surface area contributed by atoms with Crippen molar-refractivity contribution in [2.45, 2.75) is 72.2 Å². The highest BCUT2D eigenvalue weighted by Gasteiger charge is 2.52. The summed E-state index contributed by atoms with van der Waals surface area (Å²) < 4.78 is 23.5. The van der Waals surface area contributed by atoms with E-state index in [2.05, 4.69) is 5.32 Å². The summed E-state index contributed by atoms with van der Waals surface area (Å²) >= 11 is 0. The third-order valence-corrected chi connectivity index (χ3v) is 4.95. The number of hydrogen-bond acceptors (Lipinski definition) is 5. The summed E-state index contributed by atoms with van der Waals surface area (Å²) in [7, 11) is -0.593. The van der Waals surface area contributed by atoms with Crippen LogP contribution in [0.3, 0.4) is 0 Å². The maximum atomic E-state index is 12.2. The highest BCUT2D eigenvalue weighted by Crippen LogP contribution is 2.39. The number of rotatable bonds is 6. The predicted molar refractivity (Wildman–Crippen MR) is 116 cm³/mol. The van der Waals surface area contributed by atoms with Crippen molar-refractivity contribution in [1.29, 1.82) is 0 Å². The summed E-state index contributed by atoms with van der Waals surface area (Å²) in [6.07, 6.45) is 1.46. The third-order valence-electron chi connectivity index (χ3n) is 4.95. The summed E-state index contributed by atoms with van der Waals surface area (Å²) in [5.41, 5.74) is 0.135. The van der Waals surface area contributed by atoms with E-state index in [0.29, 0.717) is 6.61 Å². The van der Waals surface area contributed by atoms with Gasteiger partial charge in [-0.3, -0.25) is 0 Å². The molecule has 1 aromatic rings. The van der Waals surface area contributed by atoms with E-state index >= 15 is 0 Å². The van der Waals surface area contributed by atoms with Gasteiger partial charge in [-0.1, -0.05) is 24.3 Å². The molecule has 1 aliphatic rings. The summed E-state index contributed by atoms with van der Waals surface area (Å²) in [6.45, 7) is 16.2. The van der Waals surface area contributed by atoms with Gasteiger partial charge in [-0.05, 0) is 66.9 Å². The average molecular weight is 403 g/mol. The average Bonchev–Trinajstić information content (AvgIpc) is 2.79. The first kappa shape index (κ1) is 23.3. The first-order valence-electron chi connectivity index (χ1n) is 10.1. The van der Waals surface area contributed by atoms with Crippen LogP contribution in [0.1, 0.15) is 61.0 Å². The lowest BCUT2D eigenvalue weighted by molar-refractivity contribution is 0.00578. The van der Waals surface area contributed by atoms with Crippen molar-refractivity contribution < 1.29 is 23.6 Å². The fraction of sp³-hybridized carbons (Fsp3) is 0.591. The van der Waals surface area contributed by atoms with E-state index < -0.39 is 30.0 Å². The molecule has 7 heteroatoms. The minimum Gasteiger partial charge on any atom is -0.493 e. The Bertz CT molecular complexity index is 736. The molecule has 6 nitrogen and oxygen atoms in total. The van der Waals surface area contributed by atoms with E-state index in [1.165, 1.54) is 0 Å². The molecule has 0 aromatic heterocycles. The molecular formula is C22H34BNO5. The number of alkyl carbamates (subject to hydrolysis) is 1. The van der Waals surface area contributed by atoms with Crippen LogP contribution in [0.2, 0.25) is 0 Å². The lowest BCUT2D eigenvalue weighted by Gasteiger charge is -2.32. The first-order chi connectivity index (χ1) is 13.3. The van der Waals surface area contributed by atoms with Crippen molar-refractivity contribution in [2.24, 2.45) is 0 Å². The maximum absolute atomic E-state index is 12.2. The van der Waals surface area contributed by atoms with Crippen LogP contribution < -0.4 is 10.1 Å². The van der Waals surface area contributed by atoms with Gasteiger partial charge in [-0.25, -0.2) is 4.79 Å². The Balaban J connectivity index is 2.30. The highest BCUT2D eigenvalue weighted by molar-refractivity contribution is 6.56. The molecule has 0 spiro atoms. The van der Waals surface area contributed by atoms with Crippen LogP contribution in [-0.4, -0.2) is 43.2 Å². The van der Waals surface area contributed by atoms with Gasteiger partial charge in [-0.15, -0.1) is 0 Å². The summed E-state index contributed by atoms with van der Waals surface area (Å²) in [6, 6.07) is 7.75. The van der Waals surface area contributed by atoms with E-state index in [4.69, 9.17) is 18.8 Å². The number of para-hydroxylation sites is 1. The smallest absolute Gasteiger partial charge is 0.492 e. The maximum Gasteiger partial charge on any atom is 0.492 e. The molecule has 0 saturated carbocycles. The number of amides is 1. The second kappa shape index (κ2) is 8.80. The summed E-state index contributed by atoms with van der Waals surface area (Å²) in [5, 5.41) is 2.81. The second-order valence-corrected chi connectivity index (χ2v) is 9.13. The fourth-order valence-electron chi connectivity index (χ4n) is 2.77. The van der Waals surface area contributed by atoms with E-state index in [1.807, 2.05) is 85.7 Å². The standard InChI is InChI=1S/C22H34BNO5/c1-9-26-18-13-11-10-12-16(18)14-17(15-24-19(25)27-20(2,3)4)23-28-21(5,6)22(7,8)29-23/h10-14H,9,15H2,1-8H3,(H,24,25). The molecule has 0 aliphatic carbocycles. The summed E-state index contributed by atoms with van der Waals surface area (Å²) in [5.74, 6) is 0.765. The molecule has 1 heterocycles. The molecule has 2 rings (SSSR count). The molecule has 1 fully saturated rings. The van der Waals surface area contributed by atoms with Crippen molar-refractivity contribution in [3.05, 3.63) is 35.3 Å². The normalized spacial score (nSPS) is 18.5. The topological polar surface area (TPSA) is 66.0 Å². The van der Waals surface area contributed by atoms with Crippen LogP contribution in [0.5, 0.6) is 5.75 Å². The van der Waals surface area contributed by atoms with Crippen LogP contribution in [0.25, 0.3) is 6.08 Å². The number of hydrogen-bond donors (Lipinski definition) is 1. The number of benzene rings is 1. The number of nitrogens with one attached hydrogen (secondary N) is 1. The molecule has 0 radical (unpaired) electrons. The zero-order valence-electron chi connectivity index (χ0n) is 18.9. The molecule has 1 aromatic carbocycles. The van der Waals surface area contributed by atoms with Crippen LogP contribution >= 0.6 is 0 Å². The molecule has 1 aliphatic heterocycles. The van der Waals surface area contributed by atoms with Gasteiger partial charge < -0.3 is 24.1 Å². The van der Waals surface area contributed by atoms with Gasteiger partial charge in [0.25, 0.3) is 0 Å². The minimum atomic E-state index is -0.593. The fourth-order valence-corrected chi connectivity index (χ4v) is 2.77.